The number of para-hydroxylation sites is 5. The summed E-state index contributed by atoms with van der Waals surface area (Å²) >= 11 is 3.71. The van der Waals surface area contributed by atoms with E-state index in [-0.39, 0.29) is 0 Å². The van der Waals surface area contributed by atoms with E-state index in [1.54, 1.807) is 0 Å². The predicted molar refractivity (Wildman–Crippen MR) is 224 cm³/mol. The summed E-state index contributed by atoms with van der Waals surface area (Å²) in [4.78, 5) is 9.84. The molecule has 0 saturated carbocycles. The number of rotatable bonds is 4. The smallest absolute Gasteiger partial charge is 0.0602 e. The maximum atomic E-state index is 2.44. The van der Waals surface area contributed by atoms with Gasteiger partial charge in [-0.1, -0.05) is 115 Å². The molecule has 2 aliphatic rings. The van der Waals surface area contributed by atoms with Gasteiger partial charge in [-0.15, -0.1) is 0 Å². The lowest BCUT2D eigenvalue weighted by Gasteiger charge is -2.34. The van der Waals surface area contributed by atoms with Crippen molar-refractivity contribution in [2.45, 2.75) is 19.6 Å². The molecule has 0 bridgehead atoms. The number of fused-ring (bicyclic) bond motifs is 7. The van der Waals surface area contributed by atoms with Crippen molar-refractivity contribution >= 4 is 79.5 Å². The van der Waals surface area contributed by atoms with E-state index in [1.165, 1.54) is 86.6 Å². The molecular weight excluding hydrogens is 683 g/mol. The third-order valence-electron chi connectivity index (χ3n) is 10.3. The Morgan fingerprint density at radius 2 is 0.792 bits per heavy atom. The van der Waals surface area contributed by atoms with Crippen LogP contribution in [-0.2, 0) is 0 Å². The van der Waals surface area contributed by atoms with Crippen LogP contribution in [0.3, 0.4) is 0 Å². The molecule has 0 atom stereocenters. The molecule has 0 N–H and O–H groups in total. The third kappa shape index (κ3) is 4.92. The zero-order valence-electron chi connectivity index (χ0n) is 28.6. The Balaban J connectivity index is 1.02. The first-order valence-electron chi connectivity index (χ1n) is 17.8. The molecule has 9 aromatic rings. The minimum atomic E-state index is 1.15. The van der Waals surface area contributed by atoms with Crippen LogP contribution in [0.15, 0.2) is 208 Å². The highest BCUT2D eigenvalue weighted by molar-refractivity contribution is 8.00. The minimum absolute atomic E-state index is 1.15. The molecule has 1 aromatic heterocycles. The van der Waals surface area contributed by atoms with Crippen molar-refractivity contribution in [3.8, 4) is 16.8 Å². The molecule has 5 heteroatoms. The van der Waals surface area contributed by atoms with Crippen LogP contribution in [-0.4, -0.2) is 4.57 Å². The molecule has 8 aromatic carbocycles. The molecule has 0 unspecified atom stereocenters. The lowest BCUT2D eigenvalue weighted by Crippen LogP contribution is -2.15. The van der Waals surface area contributed by atoms with Crippen LogP contribution in [0.4, 0.5) is 34.1 Å². The normalized spacial score (nSPS) is 13.1. The van der Waals surface area contributed by atoms with E-state index >= 15 is 0 Å². The van der Waals surface area contributed by atoms with Crippen LogP contribution in [0.25, 0.3) is 38.6 Å². The van der Waals surface area contributed by atoms with Crippen LogP contribution in [0.5, 0.6) is 0 Å². The summed E-state index contributed by atoms with van der Waals surface area (Å²) in [7, 11) is 0. The molecule has 53 heavy (non-hydrogen) atoms. The van der Waals surface area contributed by atoms with Gasteiger partial charge in [0.1, 0.15) is 0 Å². The number of anilines is 6. The van der Waals surface area contributed by atoms with Gasteiger partial charge in [0.05, 0.1) is 33.8 Å². The molecule has 0 fully saturated rings. The first-order valence-corrected chi connectivity index (χ1v) is 19.5. The van der Waals surface area contributed by atoms with Crippen molar-refractivity contribution in [2.24, 2.45) is 0 Å². The van der Waals surface area contributed by atoms with Crippen molar-refractivity contribution in [1.29, 1.82) is 0 Å². The molecule has 2 aliphatic heterocycles. The van der Waals surface area contributed by atoms with Gasteiger partial charge in [-0.25, -0.2) is 0 Å². The van der Waals surface area contributed by atoms with Gasteiger partial charge in [-0.05, 0) is 108 Å². The number of hydrogen-bond acceptors (Lipinski definition) is 4. The van der Waals surface area contributed by atoms with Crippen molar-refractivity contribution in [2.75, 3.05) is 9.80 Å². The van der Waals surface area contributed by atoms with Crippen molar-refractivity contribution in [3.63, 3.8) is 0 Å². The second-order valence-corrected chi connectivity index (χ2v) is 15.6. The van der Waals surface area contributed by atoms with E-state index in [2.05, 4.69) is 202 Å². The first kappa shape index (κ1) is 30.5. The van der Waals surface area contributed by atoms with E-state index in [4.69, 9.17) is 0 Å². The van der Waals surface area contributed by atoms with Crippen molar-refractivity contribution < 1.29 is 0 Å². The SMILES string of the molecule is c1ccc(N2c3ccccc3Sc3cc(-c4ccc5c(c4)Sc4ccccc4N5c4ccc5c(c4)c4ccccc4n5-c4ccccc4)ccc32)cc1. The Morgan fingerprint density at radius 3 is 1.43 bits per heavy atom. The number of benzene rings is 8. The van der Waals surface area contributed by atoms with Crippen LogP contribution in [0.1, 0.15) is 0 Å². The summed E-state index contributed by atoms with van der Waals surface area (Å²) < 4.78 is 2.38. The van der Waals surface area contributed by atoms with Gasteiger partial charge in [0.2, 0.25) is 0 Å². The van der Waals surface area contributed by atoms with Crippen LogP contribution < -0.4 is 9.80 Å². The molecule has 3 nitrogen and oxygen atoms in total. The Labute approximate surface area is 316 Å². The number of nitrogens with zero attached hydrogens (tertiary/aromatic N) is 3. The van der Waals surface area contributed by atoms with Gasteiger partial charge in [0.15, 0.2) is 0 Å². The lowest BCUT2D eigenvalue weighted by molar-refractivity contribution is 1.16. The van der Waals surface area contributed by atoms with Gasteiger partial charge in [-0.3, -0.25) is 0 Å². The summed E-state index contributed by atoms with van der Waals surface area (Å²) in [5.41, 5.74) is 13.2. The highest BCUT2D eigenvalue weighted by Crippen LogP contribution is 2.55. The zero-order chi connectivity index (χ0) is 34.9. The summed E-state index contributed by atoms with van der Waals surface area (Å²) in [6, 6.07) is 68.4. The fourth-order valence-electron chi connectivity index (χ4n) is 7.96. The predicted octanol–water partition coefficient (Wildman–Crippen LogP) is 14.3. The fourth-order valence-corrected chi connectivity index (χ4v) is 10.2. The monoisotopic (exact) mass is 713 g/mol. The van der Waals surface area contributed by atoms with E-state index in [1.807, 2.05) is 23.5 Å². The largest absolute Gasteiger partial charge is 0.309 e. The van der Waals surface area contributed by atoms with Gasteiger partial charge in [-0.2, -0.15) is 0 Å². The summed E-state index contributed by atoms with van der Waals surface area (Å²) in [6.45, 7) is 0. The van der Waals surface area contributed by atoms with E-state index in [9.17, 15) is 0 Å². The molecule has 3 heterocycles. The topological polar surface area (TPSA) is 11.4 Å². The fraction of sp³-hybridized carbons (Fsp3) is 0. The van der Waals surface area contributed by atoms with Crippen LogP contribution in [0, 0.1) is 0 Å². The quantitative estimate of drug-likeness (QED) is 0.180. The number of hydrogen-bond donors (Lipinski definition) is 0. The first-order chi connectivity index (χ1) is 26.3. The summed E-state index contributed by atoms with van der Waals surface area (Å²) in [5, 5.41) is 2.50. The Kier molecular flexibility index (Phi) is 7.04. The number of aromatic nitrogens is 1. The lowest BCUT2D eigenvalue weighted by atomic mass is 10.0. The Hall–Kier alpha value is -6.14. The second-order valence-electron chi connectivity index (χ2n) is 13.4. The zero-order valence-corrected chi connectivity index (χ0v) is 30.2. The minimum Gasteiger partial charge on any atom is -0.309 e. The molecule has 0 amide bonds. The van der Waals surface area contributed by atoms with Crippen molar-refractivity contribution in [3.05, 3.63) is 188 Å². The van der Waals surface area contributed by atoms with Gasteiger partial charge in [0.25, 0.3) is 0 Å². The van der Waals surface area contributed by atoms with Gasteiger partial charge in [0, 0.05) is 47.4 Å². The molecular formula is C48H31N3S2. The maximum absolute atomic E-state index is 2.44. The van der Waals surface area contributed by atoms with E-state index < -0.39 is 0 Å². The third-order valence-corrected chi connectivity index (χ3v) is 12.6. The van der Waals surface area contributed by atoms with Crippen molar-refractivity contribution in [1.82, 2.24) is 4.57 Å². The molecule has 0 aliphatic carbocycles. The average Bonchev–Trinajstić information content (AvgIpc) is 3.55. The second kappa shape index (κ2) is 12.2. The molecule has 0 saturated heterocycles. The summed E-state index contributed by atoms with van der Waals surface area (Å²) in [6.07, 6.45) is 0. The highest BCUT2D eigenvalue weighted by atomic mass is 32.2. The molecule has 0 radical (unpaired) electrons. The van der Waals surface area contributed by atoms with Crippen LogP contribution >= 0.6 is 23.5 Å². The van der Waals surface area contributed by atoms with Crippen LogP contribution in [0.2, 0.25) is 0 Å². The molecule has 250 valence electrons. The van der Waals surface area contributed by atoms with Gasteiger partial charge >= 0.3 is 0 Å². The molecule has 0 spiro atoms. The Morgan fingerprint density at radius 1 is 0.302 bits per heavy atom. The standard InChI is InChI=1S/C48H31N3S2/c1-3-13-34(14-4-1)49-39-18-8-7-17-37(39)38-31-36(25-28-40(38)49)51-42-20-10-12-22-46(42)53-48-30-33(24-27-44(48)51)32-23-26-43-47(29-32)52-45-21-11-9-19-41(45)50(43)35-15-5-2-6-16-35/h1-31H. The highest BCUT2D eigenvalue weighted by Gasteiger charge is 2.28. The summed E-state index contributed by atoms with van der Waals surface area (Å²) in [5.74, 6) is 0. The Bertz CT molecular complexity index is 2860. The average molecular weight is 714 g/mol. The maximum Gasteiger partial charge on any atom is 0.0602 e. The molecule has 11 rings (SSSR count). The van der Waals surface area contributed by atoms with E-state index in [0.29, 0.717) is 0 Å². The van der Waals surface area contributed by atoms with E-state index in [0.717, 1.165) is 5.69 Å². The van der Waals surface area contributed by atoms with Gasteiger partial charge < -0.3 is 14.4 Å².